The second kappa shape index (κ2) is 8.32. The number of esters is 1. The maximum absolute atomic E-state index is 12.3. The molecule has 0 saturated carbocycles. The summed E-state index contributed by atoms with van der Waals surface area (Å²) in [5.74, 6) is 0.188. The average Bonchev–Trinajstić information content (AvgIpc) is 2.47. The number of hydrogen-bond donors (Lipinski definition) is 1. The van der Waals surface area contributed by atoms with Crippen LogP contribution in [0.2, 0.25) is 0 Å². The molecule has 1 aromatic carbocycles. The van der Waals surface area contributed by atoms with Gasteiger partial charge < -0.3 is 14.8 Å². The summed E-state index contributed by atoms with van der Waals surface area (Å²) in [5, 5.41) is 3.00. The van der Waals surface area contributed by atoms with Crippen molar-refractivity contribution < 1.29 is 19.1 Å². The molecular weight excluding hydrogens is 258 g/mol. The molecule has 0 fully saturated rings. The lowest BCUT2D eigenvalue weighted by molar-refractivity contribution is -0.140. The van der Waals surface area contributed by atoms with Gasteiger partial charge in [-0.05, 0) is 37.7 Å². The summed E-state index contributed by atoms with van der Waals surface area (Å²) in [5.41, 5.74) is 0.545. The van der Waals surface area contributed by atoms with Crippen LogP contribution in [0.15, 0.2) is 24.3 Å². The summed E-state index contributed by atoms with van der Waals surface area (Å²) in [6.45, 7) is 4.96. The van der Waals surface area contributed by atoms with Crippen LogP contribution in [0, 0.1) is 0 Å². The van der Waals surface area contributed by atoms with Gasteiger partial charge in [0.05, 0.1) is 26.2 Å². The van der Waals surface area contributed by atoms with Crippen molar-refractivity contribution in [1.82, 2.24) is 5.32 Å². The molecule has 1 rings (SSSR count). The van der Waals surface area contributed by atoms with Gasteiger partial charge in [0.1, 0.15) is 5.75 Å². The summed E-state index contributed by atoms with van der Waals surface area (Å²) in [6, 6.07) is 6.34. The number of likely N-dealkylation sites (N-methyl/N-ethyl adjacent to an activating group) is 1. The van der Waals surface area contributed by atoms with Crippen molar-refractivity contribution in [2.24, 2.45) is 0 Å². The topological polar surface area (TPSA) is 64.6 Å². The normalized spacial score (nSPS) is 11.8. The second-order valence-corrected chi connectivity index (χ2v) is 4.21. The van der Waals surface area contributed by atoms with E-state index in [-0.39, 0.29) is 12.2 Å². The first-order valence-electron chi connectivity index (χ1n) is 6.69. The predicted molar refractivity (Wildman–Crippen MR) is 76.0 cm³/mol. The summed E-state index contributed by atoms with van der Waals surface area (Å²) < 4.78 is 9.94. The fourth-order valence-electron chi connectivity index (χ4n) is 1.84. The number of Topliss-reactive ketones (excluding diaryl/α,β-unsaturated/α-hetero) is 1. The lowest BCUT2D eigenvalue weighted by atomic mass is 10.0. The summed E-state index contributed by atoms with van der Waals surface area (Å²) >= 11 is 0. The SMILES string of the molecule is CCNC(CC(=O)OC)C(=O)c1ccc(OCC)cc1. The third-order valence-electron chi connectivity index (χ3n) is 2.82. The molecule has 110 valence electrons. The zero-order valence-corrected chi connectivity index (χ0v) is 12.1. The van der Waals surface area contributed by atoms with E-state index in [9.17, 15) is 9.59 Å². The van der Waals surface area contributed by atoms with Crippen LogP contribution in [0.5, 0.6) is 5.75 Å². The molecule has 0 radical (unpaired) electrons. The third-order valence-corrected chi connectivity index (χ3v) is 2.82. The molecule has 0 aliphatic heterocycles. The number of ether oxygens (including phenoxy) is 2. The van der Waals surface area contributed by atoms with E-state index in [1.165, 1.54) is 7.11 Å². The Morgan fingerprint density at radius 2 is 1.85 bits per heavy atom. The molecule has 1 N–H and O–H groups in total. The van der Waals surface area contributed by atoms with E-state index < -0.39 is 12.0 Å². The van der Waals surface area contributed by atoms with Gasteiger partial charge in [-0.25, -0.2) is 0 Å². The minimum atomic E-state index is -0.564. The first kappa shape index (κ1) is 16.2. The Morgan fingerprint density at radius 3 is 2.35 bits per heavy atom. The molecular formula is C15H21NO4. The fraction of sp³-hybridized carbons (Fsp3) is 0.467. The smallest absolute Gasteiger partial charge is 0.307 e. The fourth-order valence-corrected chi connectivity index (χ4v) is 1.84. The standard InChI is InChI=1S/C15H21NO4/c1-4-16-13(10-14(17)19-3)15(18)11-6-8-12(9-7-11)20-5-2/h6-9,13,16H,4-5,10H2,1-3H3. The van der Waals surface area contributed by atoms with Crippen LogP contribution in [0.4, 0.5) is 0 Å². The van der Waals surface area contributed by atoms with Crippen molar-refractivity contribution in [3.8, 4) is 5.75 Å². The van der Waals surface area contributed by atoms with Crippen LogP contribution < -0.4 is 10.1 Å². The Balaban J connectivity index is 2.79. The minimum Gasteiger partial charge on any atom is -0.494 e. The zero-order chi connectivity index (χ0) is 15.0. The molecule has 0 aromatic heterocycles. The van der Waals surface area contributed by atoms with Crippen LogP contribution in [0.3, 0.4) is 0 Å². The number of ketones is 1. The third kappa shape index (κ3) is 4.66. The van der Waals surface area contributed by atoms with E-state index in [1.807, 2.05) is 13.8 Å². The lowest BCUT2D eigenvalue weighted by Crippen LogP contribution is -2.38. The lowest BCUT2D eigenvalue weighted by Gasteiger charge is -2.15. The summed E-state index contributed by atoms with van der Waals surface area (Å²) in [4.78, 5) is 23.7. The first-order chi connectivity index (χ1) is 9.62. The number of hydrogen-bond acceptors (Lipinski definition) is 5. The molecule has 1 aromatic rings. The number of carbonyl (C=O) groups excluding carboxylic acids is 2. The molecule has 0 spiro atoms. The van der Waals surface area contributed by atoms with Gasteiger partial charge in [-0.1, -0.05) is 6.92 Å². The van der Waals surface area contributed by atoms with Crippen LogP contribution in [0.1, 0.15) is 30.6 Å². The van der Waals surface area contributed by atoms with Crippen LogP contribution in [-0.2, 0) is 9.53 Å². The average molecular weight is 279 g/mol. The van der Waals surface area contributed by atoms with Gasteiger partial charge in [0, 0.05) is 5.56 Å². The Morgan fingerprint density at radius 1 is 1.20 bits per heavy atom. The highest BCUT2D eigenvalue weighted by Gasteiger charge is 2.22. The van der Waals surface area contributed by atoms with Crippen molar-refractivity contribution in [1.29, 1.82) is 0 Å². The maximum atomic E-state index is 12.3. The van der Waals surface area contributed by atoms with E-state index in [1.54, 1.807) is 24.3 Å². The molecule has 0 heterocycles. The highest BCUT2D eigenvalue weighted by atomic mass is 16.5. The quantitative estimate of drug-likeness (QED) is 0.581. The van der Waals surface area contributed by atoms with Gasteiger partial charge in [-0.3, -0.25) is 9.59 Å². The van der Waals surface area contributed by atoms with E-state index in [0.717, 1.165) is 5.75 Å². The highest BCUT2D eigenvalue weighted by molar-refractivity contribution is 6.01. The maximum Gasteiger partial charge on any atom is 0.307 e. The number of methoxy groups -OCH3 is 1. The zero-order valence-electron chi connectivity index (χ0n) is 12.1. The molecule has 20 heavy (non-hydrogen) atoms. The van der Waals surface area contributed by atoms with Gasteiger partial charge in [0.25, 0.3) is 0 Å². The van der Waals surface area contributed by atoms with Crippen LogP contribution >= 0.6 is 0 Å². The molecule has 5 nitrogen and oxygen atoms in total. The molecule has 0 bridgehead atoms. The van der Waals surface area contributed by atoms with E-state index in [4.69, 9.17) is 4.74 Å². The van der Waals surface area contributed by atoms with Crippen LogP contribution in [-0.4, -0.2) is 38.1 Å². The van der Waals surface area contributed by atoms with Crippen molar-refractivity contribution in [3.05, 3.63) is 29.8 Å². The van der Waals surface area contributed by atoms with Gasteiger partial charge in [0.2, 0.25) is 0 Å². The van der Waals surface area contributed by atoms with Crippen molar-refractivity contribution in [3.63, 3.8) is 0 Å². The largest absolute Gasteiger partial charge is 0.494 e. The van der Waals surface area contributed by atoms with Crippen molar-refractivity contribution in [2.45, 2.75) is 26.3 Å². The Bertz CT molecular complexity index is 442. The first-order valence-corrected chi connectivity index (χ1v) is 6.69. The Hall–Kier alpha value is -1.88. The summed E-state index contributed by atoms with van der Waals surface area (Å²) in [7, 11) is 1.31. The Kier molecular flexibility index (Phi) is 6.73. The van der Waals surface area contributed by atoms with E-state index in [2.05, 4.69) is 10.1 Å². The molecule has 0 aliphatic rings. The molecule has 0 amide bonds. The predicted octanol–water partition coefficient (Wildman–Crippen LogP) is 1.81. The number of nitrogens with one attached hydrogen (secondary N) is 1. The van der Waals surface area contributed by atoms with Gasteiger partial charge >= 0.3 is 5.97 Å². The van der Waals surface area contributed by atoms with Crippen molar-refractivity contribution >= 4 is 11.8 Å². The molecule has 0 aliphatic carbocycles. The molecule has 0 saturated heterocycles. The number of carbonyl (C=O) groups is 2. The van der Waals surface area contributed by atoms with Crippen LogP contribution in [0.25, 0.3) is 0 Å². The monoisotopic (exact) mass is 279 g/mol. The molecule has 5 heteroatoms. The van der Waals surface area contributed by atoms with Gasteiger partial charge in [-0.15, -0.1) is 0 Å². The number of rotatable bonds is 8. The van der Waals surface area contributed by atoms with Gasteiger partial charge in [-0.2, -0.15) is 0 Å². The minimum absolute atomic E-state index is 0.0242. The Labute approximate surface area is 119 Å². The van der Waals surface area contributed by atoms with E-state index in [0.29, 0.717) is 18.7 Å². The van der Waals surface area contributed by atoms with Crippen molar-refractivity contribution in [2.75, 3.05) is 20.3 Å². The molecule has 1 atom stereocenters. The second-order valence-electron chi connectivity index (χ2n) is 4.21. The number of benzene rings is 1. The van der Waals surface area contributed by atoms with E-state index >= 15 is 0 Å². The highest BCUT2D eigenvalue weighted by Crippen LogP contribution is 2.14. The summed E-state index contributed by atoms with van der Waals surface area (Å²) in [6.07, 6.45) is 0.0242. The molecule has 1 unspecified atom stereocenters. The van der Waals surface area contributed by atoms with Gasteiger partial charge in [0.15, 0.2) is 5.78 Å².